The van der Waals surface area contributed by atoms with Crippen LogP contribution in [0.15, 0.2) is 24.3 Å². The van der Waals surface area contributed by atoms with Gasteiger partial charge in [0.05, 0.1) is 19.2 Å². The van der Waals surface area contributed by atoms with Crippen molar-refractivity contribution in [1.82, 2.24) is 25.1 Å². The SMILES string of the molecule is CC[C@@H](c1nnnn1CCOC)N1CCN(c2ccc(F)cc2)CC1. The van der Waals surface area contributed by atoms with Crippen LogP contribution in [0.4, 0.5) is 10.1 Å². The summed E-state index contributed by atoms with van der Waals surface area (Å²) in [5.41, 5.74) is 1.07. The molecule has 0 radical (unpaired) electrons. The second kappa shape index (κ2) is 8.35. The smallest absolute Gasteiger partial charge is 0.168 e. The van der Waals surface area contributed by atoms with Crippen molar-refractivity contribution in [2.24, 2.45) is 0 Å². The third kappa shape index (κ3) is 4.13. The third-order valence-corrected chi connectivity index (χ3v) is 4.70. The van der Waals surface area contributed by atoms with Gasteiger partial charge in [-0.3, -0.25) is 4.90 Å². The second-order valence-corrected chi connectivity index (χ2v) is 6.18. The summed E-state index contributed by atoms with van der Waals surface area (Å²) in [7, 11) is 1.68. The van der Waals surface area contributed by atoms with Crippen LogP contribution in [-0.4, -0.2) is 65.0 Å². The Bertz CT molecular complexity index is 653. The molecule has 1 aliphatic heterocycles. The Hall–Kier alpha value is -2.06. The van der Waals surface area contributed by atoms with Gasteiger partial charge in [-0.05, 0) is 41.1 Å². The van der Waals surface area contributed by atoms with Crippen LogP contribution < -0.4 is 4.90 Å². The van der Waals surface area contributed by atoms with E-state index in [4.69, 9.17) is 4.74 Å². The van der Waals surface area contributed by atoms with Crippen molar-refractivity contribution in [1.29, 1.82) is 0 Å². The van der Waals surface area contributed by atoms with Crippen LogP contribution >= 0.6 is 0 Å². The normalized spacial score (nSPS) is 17.0. The molecule has 0 spiro atoms. The molecule has 1 saturated heterocycles. The fraction of sp³-hybridized carbons (Fsp3) is 0.588. The molecule has 25 heavy (non-hydrogen) atoms. The van der Waals surface area contributed by atoms with E-state index in [1.807, 2.05) is 16.8 Å². The monoisotopic (exact) mass is 348 g/mol. The summed E-state index contributed by atoms with van der Waals surface area (Å²) in [5, 5.41) is 12.2. The first-order valence-electron chi connectivity index (χ1n) is 8.72. The molecule has 0 bridgehead atoms. The molecule has 8 heteroatoms. The highest BCUT2D eigenvalue weighted by molar-refractivity contribution is 5.46. The van der Waals surface area contributed by atoms with Gasteiger partial charge in [0, 0.05) is 39.0 Å². The van der Waals surface area contributed by atoms with E-state index in [0.717, 1.165) is 44.1 Å². The molecule has 0 N–H and O–H groups in total. The molecule has 0 aliphatic carbocycles. The summed E-state index contributed by atoms with van der Waals surface area (Å²) in [6.45, 7) is 7.06. The third-order valence-electron chi connectivity index (χ3n) is 4.70. The molecular formula is C17H25FN6O. The molecule has 1 aliphatic rings. The highest BCUT2D eigenvalue weighted by Gasteiger charge is 2.27. The maximum Gasteiger partial charge on any atom is 0.168 e. The molecule has 1 aromatic heterocycles. The Kier molecular flexibility index (Phi) is 5.93. The van der Waals surface area contributed by atoms with E-state index < -0.39 is 0 Å². The number of aromatic nitrogens is 4. The van der Waals surface area contributed by atoms with Gasteiger partial charge in [-0.2, -0.15) is 0 Å². The van der Waals surface area contributed by atoms with Crippen LogP contribution in [0.1, 0.15) is 25.2 Å². The van der Waals surface area contributed by atoms with Crippen LogP contribution in [0, 0.1) is 5.82 Å². The number of piperazine rings is 1. The van der Waals surface area contributed by atoms with E-state index >= 15 is 0 Å². The van der Waals surface area contributed by atoms with E-state index in [0.29, 0.717) is 13.2 Å². The van der Waals surface area contributed by atoms with Crippen molar-refractivity contribution in [3.05, 3.63) is 35.9 Å². The zero-order valence-corrected chi connectivity index (χ0v) is 14.8. The van der Waals surface area contributed by atoms with Gasteiger partial charge in [-0.1, -0.05) is 6.92 Å². The van der Waals surface area contributed by atoms with Crippen molar-refractivity contribution in [3.8, 4) is 0 Å². The van der Waals surface area contributed by atoms with E-state index in [1.165, 1.54) is 12.1 Å². The predicted octanol–water partition coefficient (Wildman–Crippen LogP) is 1.73. The number of benzene rings is 1. The number of hydrogen-bond donors (Lipinski definition) is 0. The molecule has 0 amide bonds. The van der Waals surface area contributed by atoms with Crippen molar-refractivity contribution in [2.75, 3.05) is 44.8 Å². The molecule has 1 aromatic carbocycles. The number of tetrazole rings is 1. The lowest BCUT2D eigenvalue weighted by Crippen LogP contribution is -2.48. The van der Waals surface area contributed by atoms with Crippen LogP contribution in [0.25, 0.3) is 0 Å². The molecule has 2 heterocycles. The van der Waals surface area contributed by atoms with Gasteiger partial charge in [0.25, 0.3) is 0 Å². The Morgan fingerprint density at radius 2 is 1.88 bits per heavy atom. The molecule has 7 nitrogen and oxygen atoms in total. The van der Waals surface area contributed by atoms with E-state index in [-0.39, 0.29) is 11.9 Å². The topological polar surface area (TPSA) is 59.3 Å². The van der Waals surface area contributed by atoms with Crippen LogP contribution in [0.3, 0.4) is 0 Å². The molecule has 1 atom stereocenters. The largest absolute Gasteiger partial charge is 0.383 e. The van der Waals surface area contributed by atoms with Crippen LogP contribution in [-0.2, 0) is 11.3 Å². The lowest BCUT2D eigenvalue weighted by molar-refractivity contribution is 0.157. The van der Waals surface area contributed by atoms with Crippen molar-refractivity contribution >= 4 is 5.69 Å². The first-order chi connectivity index (χ1) is 12.2. The maximum absolute atomic E-state index is 13.1. The average Bonchev–Trinajstić information content (AvgIpc) is 3.10. The summed E-state index contributed by atoms with van der Waals surface area (Å²) < 4.78 is 20.1. The molecule has 136 valence electrons. The summed E-state index contributed by atoms with van der Waals surface area (Å²) >= 11 is 0. The number of anilines is 1. The number of halogens is 1. The Balaban J connectivity index is 1.64. The maximum atomic E-state index is 13.1. The highest BCUT2D eigenvalue weighted by atomic mass is 19.1. The highest BCUT2D eigenvalue weighted by Crippen LogP contribution is 2.25. The minimum Gasteiger partial charge on any atom is -0.383 e. The fourth-order valence-corrected chi connectivity index (χ4v) is 3.34. The molecule has 1 fully saturated rings. The van der Waals surface area contributed by atoms with E-state index in [2.05, 4.69) is 32.2 Å². The number of ether oxygens (including phenoxy) is 1. The van der Waals surface area contributed by atoms with E-state index in [9.17, 15) is 4.39 Å². The van der Waals surface area contributed by atoms with E-state index in [1.54, 1.807) is 7.11 Å². The predicted molar refractivity (Wildman–Crippen MR) is 92.9 cm³/mol. The number of hydrogen-bond acceptors (Lipinski definition) is 6. The fourth-order valence-electron chi connectivity index (χ4n) is 3.34. The number of methoxy groups -OCH3 is 1. The van der Waals surface area contributed by atoms with Gasteiger partial charge >= 0.3 is 0 Å². The molecule has 0 saturated carbocycles. The Labute approximate surface area is 147 Å². The minimum atomic E-state index is -0.198. The molecular weight excluding hydrogens is 323 g/mol. The quantitative estimate of drug-likeness (QED) is 0.760. The first kappa shape index (κ1) is 17.8. The number of nitrogens with zero attached hydrogens (tertiary/aromatic N) is 6. The summed E-state index contributed by atoms with van der Waals surface area (Å²) in [6, 6.07) is 6.91. The lowest BCUT2D eigenvalue weighted by Gasteiger charge is -2.39. The molecule has 3 rings (SSSR count). The zero-order chi connectivity index (χ0) is 17.6. The Morgan fingerprint density at radius 1 is 1.16 bits per heavy atom. The van der Waals surface area contributed by atoms with Gasteiger partial charge in [0.15, 0.2) is 5.82 Å². The van der Waals surface area contributed by atoms with Gasteiger partial charge in [0.2, 0.25) is 0 Å². The zero-order valence-electron chi connectivity index (χ0n) is 14.8. The Morgan fingerprint density at radius 3 is 2.52 bits per heavy atom. The number of rotatable bonds is 7. The van der Waals surface area contributed by atoms with Gasteiger partial charge in [-0.25, -0.2) is 9.07 Å². The van der Waals surface area contributed by atoms with Gasteiger partial charge < -0.3 is 9.64 Å². The van der Waals surface area contributed by atoms with Gasteiger partial charge in [0.1, 0.15) is 5.82 Å². The lowest BCUT2D eigenvalue weighted by atomic mass is 10.1. The van der Waals surface area contributed by atoms with Crippen molar-refractivity contribution < 1.29 is 9.13 Å². The van der Waals surface area contributed by atoms with Crippen molar-refractivity contribution in [3.63, 3.8) is 0 Å². The second-order valence-electron chi connectivity index (χ2n) is 6.18. The summed E-state index contributed by atoms with van der Waals surface area (Å²) in [4.78, 5) is 4.71. The average molecular weight is 348 g/mol. The summed E-state index contributed by atoms with van der Waals surface area (Å²) in [6.07, 6.45) is 0.948. The van der Waals surface area contributed by atoms with Crippen molar-refractivity contribution in [2.45, 2.75) is 25.9 Å². The molecule has 2 aromatic rings. The summed E-state index contributed by atoms with van der Waals surface area (Å²) in [5.74, 6) is 0.700. The van der Waals surface area contributed by atoms with Gasteiger partial charge in [-0.15, -0.1) is 5.10 Å². The van der Waals surface area contributed by atoms with Crippen LogP contribution in [0.5, 0.6) is 0 Å². The standard InChI is InChI=1S/C17H25FN6O/c1-3-16(17-19-20-21-24(17)12-13-25-2)23-10-8-22(9-11-23)15-6-4-14(18)5-7-15/h4-7,16H,3,8-13H2,1-2H3/t16-/m0/s1. The minimum absolute atomic E-state index is 0.197. The first-order valence-corrected chi connectivity index (χ1v) is 8.72. The van der Waals surface area contributed by atoms with Crippen LogP contribution in [0.2, 0.25) is 0 Å². The molecule has 0 unspecified atom stereocenters.